The van der Waals surface area contributed by atoms with Crippen LogP contribution in [-0.2, 0) is 0 Å². The zero-order valence-corrected chi connectivity index (χ0v) is 7.42. The second-order valence-corrected chi connectivity index (χ2v) is 2.71. The number of ether oxygens (including phenoxy) is 1. The molecule has 0 saturated heterocycles. The van der Waals surface area contributed by atoms with Gasteiger partial charge in [0.2, 0.25) is 0 Å². The minimum Gasteiger partial charge on any atom is -0.424 e. The van der Waals surface area contributed by atoms with E-state index in [1.165, 1.54) is 12.4 Å². The molecule has 4 heteroatoms. The zero-order valence-electron chi connectivity index (χ0n) is 7.42. The predicted octanol–water partition coefficient (Wildman–Crippen LogP) is 1.85. The number of hydrogen-bond acceptors (Lipinski definition) is 4. The van der Waals surface area contributed by atoms with Crippen LogP contribution in [0.15, 0.2) is 42.7 Å². The summed E-state index contributed by atoms with van der Waals surface area (Å²) in [4.78, 5) is 7.83. The molecule has 0 saturated carbocycles. The fourth-order valence-corrected chi connectivity index (χ4v) is 0.973. The van der Waals surface area contributed by atoms with Gasteiger partial charge in [0.1, 0.15) is 5.75 Å². The number of anilines is 1. The number of benzene rings is 1. The molecule has 0 atom stereocenters. The topological polar surface area (TPSA) is 61.0 Å². The Kier molecular flexibility index (Phi) is 2.27. The molecule has 0 aliphatic carbocycles. The lowest BCUT2D eigenvalue weighted by molar-refractivity contribution is 0.442. The number of rotatable bonds is 2. The SMILES string of the molecule is Nc1cnc(Oc2ccccc2)nc1. The van der Waals surface area contributed by atoms with Crippen LogP contribution in [0.5, 0.6) is 11.8 Å². The van der Waals surface area contributed by atoms with Crippen molar-refractivity contribution in [3.8, 4) is 11.8 Å². The molecule has 0 bridgehead atoms. The van der Waals surface area contributed by atoms with Crippen LogP contribution in [0.1, 0.15) is 0 Å². The third-order valence-electron chi connectivity index (χ3n) is 1.60. The summed E-state index contributed by atoms with van der Waals surface area (Å²) in [6, 6.07) is 9.64. The van der Waals surface area contributed by atoms with Crippen molar-refractivity contribution in [1.82, 2.24) is 9.97 Å². The lowest BCUT2D eigenvalue weighted by Gasteiger charge is -2.02. The maximum atomic E-state index is 5.44. The van der Waals surface area contributed by atoms with E-state index >= 15 is 0 Å². The molecule has 0 spiro atoms. The number of nitrogens with zero attached hydrogens (tertiary/aromatic N) is 2. The monoisotopic (exact) mass is 187 g/mol. The van der Waals surface area contributed by atoms with Gasteiger partial charge in [-0.3, -0.25) is 0 Å². The van der Waals surface area contributed by atoms with Gasteiger partial charge in [0.25, 0.3) is 0 Å². The van der Waals surface area contributed by atoms with E-state index < -0.39 is 0 Å². The molecule has 2 N–H and O–H groups in total. The van der Waals surface area contributed by atoms with Gasteiger partial charge in [-0.1, -0.05) is 18.2 Å². The maximum absolute atomic E-state index is 5.44. The molecule has 4 nitrogen and oxygen atoms in total. The highest BCUT2D eigenvalue weighted by molar-refractivity contribution is 5.32. The number of hydrogen-bond donors (Lipinski definition) is 1. The van der Waals surface area contributed by atoms with Crippen LogP contribution in [0.4, 0.5) is 5.69 Å². The van der Waals surface area contributed by atoms with Gasteiger partial charge in [0, 0.05) is 0 Å². The first kappa shape index (κ1) is 8.50. The van der Waals surface area contributed by atoms with Gasteiger partial charge in [-0.25, -0.2) is 9.97 Å². The normalized spacial score (nSPS) is 9.71. The summed E-state index contributed by atoms with van der Waals surface area (Å²) in [7, 11) is 0. The zero-order chi connectivity index (χ0) is 9.80. The Morgan fingerprint density at radius 2 is 1.64 bits per heavy atom. The van der Waals surface area contributed by atoms with Crippen molar-refractivity contribution in [2.24, 2.45) is 0 Å². The molecule has 0 aliphatic rings. The first-order chi connectivity index (χ1) is 6.84. The summed E-state index contributed by atoms with van der Waals surface area (Å²) in [6.45, 7) is 0. The Hall–Kier alpha value is -2.10. The first-order valence-electron chi connectivity index (χ1n) is 4.15. The average molecular weight is 187 g/mol. The van der Waals surface area contributed by atoms with E-state index in [2.05, 4.69) is 9.97 Å². The van der Waals surface area contributed by atoms with Gasteiger partial charge in [0.15, 0.2) is 0 Å². The van der Waals surface area contributed by atoms with E-state index in [1.807, 2.05) is 30.3 Å². The number of para-hydroxylation sites is 1. The van der Waals surface area contributed by atoms with Crippen LogP contribution in [0.2, 0.25) is 0 Å². The molecule has 1 aromatic heterocycles. The first-order valence-corrected chi connectivity index (χ1v) is 4.15. The van der Waals surface area contributed by atoms with Crippen LogP contribution in [-0.4, -0.2) is 9.97 Å². The third-order valence-corrected chi connectivity index (χ3v) is 1.60. The maximum Gasteiger partial charge on any atom is 0.322 e. The lowest BCUT2D eigenvalue weighted by Crippen LogP contribution is -1.93. The van der Waals surface area contributed by atoms with Crippen LogP contribution in [0, 0.1) is 0 Å². The van der Waals surface area contributed by atoms with Gasteiger partial charge in [-0.2, -0.15) is 0 Å². The van der Waals surface area contributed by atoms with Crippen molar-refractivity contribution in [2.75, 3.05) is 5.73 Å². The van der Waals surface area contributed by atoms with Crippen molar-refractivity contribution < 1.29 is 4.74 Å². The molecule has 0 aliphatic heterocycles. The number of nitrogens with two attached hydrogens (primary N) is 1. The summed E-state index contributed by atoms with van der Waals surface area (Å²) >= 11 is 0. The average Bonchev–Trinajstić information content (AvgIpc) is 2.23. The van der Waals surface area contributed by atoms with E-state index in [9.17, 15) is 0 Å². The van der Waals surface area contributed by atoms with Crippen molar-refractivity contribution >= 4 is 5.69 Å². The molecule has 0 fully saturated rings. The summed E-state index contributed by atoms with van der Waals surface area (Å²) in [5.41, 5.74) is 5.96. The summed E-state index contributed by atoms with van der Waals surface area (Å²) in [5, 5.41) is 0. The Bertz CT molecular complexity index is 399. The summed E-state index contributed by atoms with van der Waals surface area (Å²) in [5.74, 6) is 0.706. The second-order valence-electron chi connectivity index (χ2n) is 2.71. The standard InChI is InChI=1S/C10H9N3O/c11-8-6-12-10(13-7-8)14-9-4-2-1-3-5-9/h1-7H,11H2. The van der Waals surface area contributed by atoms with Gasteiger partial charge in [-0.15, -0.1) is 0 Å². The molecular weight excluding hydrogens is 178 g/mol. The number of aromatic nitrogens is 2. The highest BCUT2D eigenvalue weighted by Crippen LogP contribution is 2.16. The molecule has 0 amide bonds. The molecule has 1 aromatic carbocycles. The van der Waals surface area contributed by atoms with E-state index in [4.69, 9.17) is 10.5 Å². The fourth-order valence-electron chi connectivity index (χ4n) is 0.973. The van der Waals surface area contributed by atoms with Crippen LogP contribution >= 0.6 is 0 Å². The smallest absolute Gasteiger partial charge is 0.322 e. The van der Waals surface area contributed by atoms with E-state index in [0.29, 0.717) is 17.4 Å². The van der Waals surface area contributed by atoms with Crippen molar-refractivity contribution in [3.63, 3.8) is 0 Å². The van der Waals surface area contributed by atoms with E-state index in [1.54, 1.807) is 0 Å². The molecule has 0 radical (unpaired) electrons. The Labute approximate surface area is 81.4 Å². The van der Waals surface area contributed by atoms with Gasteiger partial charge in [0.05, 0.1) is 18.1 Å². The quantitative estimate of drug-likeness (QED) is 0.779. The third kappa shape index (κ3) is 1.98. The molecule has 2 rings (SSSR count). The van der Waals surface area contributed by atoms with Gasteiger partial charge < -0.3 is 10.5 Å². The molecule has 2 aromatic rings. The number of nitrogen functional groups attached to an aromatic ring is 1. The highest BCUT2D eigenvalue weighted by atomic mass is 16.5. The molecule has 14 heavy (non-hydrogen) atoms. The Morgan fingerprint density at radius 1 is 1.00 bits per heavy atom. The van der Waals surface area contributed by atoms with Gasteiger partial charge in [-0.05, 0) is 12.1 Å². The molecule has 0 unspecified atom stereocenters. The largest absolute Gasteiger partial charge is 0.424 e. The minimum atomic E-state index is 0.297. The summed E-state index contributed by atoms with van der Waals surface area (Å²) < 4.78 is 5.36. The Balaban J connectivity index is 2.16. The van der Waals surface area contributed by atoms with Crippen molar-refractivity contribution in [2.45, 2.75) is 0 Å². The minimum absolute atomic E-state index is 0.297. The Morgan fingerprint density at radius 3 is 2.29 bits per heavy atom. The lowest BCUT2D eigenvalue weighted by atomic mass is 10.3. The molecule has 1 heterocycles. The van der Waals surface area contributed by atoms with Crippen molar-refractivity contribution in [1.29, 1.82) is 0 Å². The molecule has 70 valence electrons. The second kappa shape index (κ2) is 3.74. The predicted molar refractivity (Wildman–Crippen MR) is 53.0 cm³/mol. The van der Waals surface area contributed by atoms with Gasteiger partial charge >= 0.3 is 6.01 Å². The fraction of sp³-hybridized carbons (Fsp3) is 0. The summed E-state index contributed by atoms with van der Waals surface area (Å²) in [6.07, 6.45) is 3.01. The van der Waals surface area contributed by atoms with Crippen LogP contribution < -0.4 is 10.5 Å². The van der Waals surface area contributed by atoms with Crippen LogP contribution in [0.25, 0.3) is 0 Å². The highest BCUT2D eigenvalue weighted by Gasteiger charge is 1.97. The van der Waals surface area contributed by atoms with Crippen LogP contribution in [0.3, 0.4) is 0 Å². The molecular formula is C10H9N3O. The van der Waals surface area contributed by atoms with E-state index in [0.717, 1.165) is 0 Å². The van der Waals surface area contributed by atoms with E-state index in [-0.39, 0.29) is 0 Å². The van der Waals surface area contributed by atoms with Crippen molar-refractivity contribution in [3.05, 3.63) is 42.7 Å².